The van der Waals surface area contributed by atoms with Crippen molar-refractivity contribution in [1.29, 1.82) is 0 Å². The Kier molecular flexibility index (Phi) is 9.71. The molecule has 8 nitrogen and oxygen atoms in total. The highest BCUT2D eigenvalue weighted by Gasteiger charge is 2.33. The number of ether oxygens (including phenoxy) is 3. The Labute approximate surface area is 287 Å². The van der Waals surface area contributed by atoms with Gasteiger partial charge in [0.2, 0.25) is 0 Å². The van der Waals surface area contributed by atoms with E-state index in [9.17, 15) is 9.59 Å². The van der Waals surface area contributed by atoms with Crippen molar-refractivity contribution >= 4 is 35.0 Å². The van der Waals surface area contributed by atoms with Crippen molar-refractivity contribution in [1.82, 2.24) is 9.13 Å². The first-order valence-electron chi connectivity index (χ1n) is 15.8. The van der Waals surface area contributed by atoms with E-state index in [1.54, 1.807) is 18.4 Å². The third-order valence-corrected chi connectivity index (χ3v) is 9.43. The zero-order chi connectivity index (χ0) is 33.9. The van der Waals surface area contributed by atoms with Crippen molar-refractivity contribution in [3.8, 4) is 17.2 Å². The minimum atomic E-state index is -0.689. The summed E-state index contributed by atoms with van der Waals surface area (Å²) < 4.78 is 21.3. The highest BCUT2D eigenvalue weighted by molar-refractivity contribution is 7.07. The Hall–Kier alpha value is -4.86. The Morgan fingerprint density at radius 2 is 1.58 bits per heavy atom. The van der Waals surface area contributed by atoms with E-state index in [2.05, 4.69) is 10.6 Å². The fourth-order valence-corrected chi connectivity index (χ4v) is 7.09. The number of carbonyl (C=O) groups excluding carboxylic acids is 1. The number of thiazole rings is 1. The smallest absolute Gasteiger partial charge is 0.338 e. The normalized spacial score (nSPS) is 14.5. The van der Waals surface area contributed by atoms with E-state index < -0.39 is 12.0 Å². The van der Waals surface area contributed by atoms with Crippen molar-refractivity contribution < 1.29 is 19.0 Å². The van der Waals surface area contributed by atoms with Gasteiger partial charge in [-0.1, -0.05) is 47.2 Å². The first-order chi connectivity index (χ1) is 23.2. The van der Waals surface area contributed by atoms with Crippen LogP contribution in [-0.2, 0) is 16.1 Å². The number of aryl methyl sites for hydroxylation is 1. The van der Waals surface area contributed by atoms with Crippen LogP contribution in [0.2, 0.25) is 5.02 Å². The first-order valence-corrected chi connectivity index (χ1v) is 17.0. The molecule has 3 heterocycles. The average molecular weight is 682 g/mol. The van der Waals surface area contributed by atoms with Crippen LogP contribution < -0.4 is 24.4 Å². The van der Waals surface area contributed by atoms with Crippen molar-refractivity contribution in [3.05, 3.63) is 143 Å². The monoisotopic (exact) mass is 681 g/mol. The number of allylic oxidation sites excluding steroid dienone is 1. The second kappa shape index (κ2) is 14.1. The van der Waals surface area contributed by atoms with Gasteiger partial charge in [0, 0.05) is 22.1 Å². The molecule has 5 aromatic rings. The Morgan fingerprint density at radius 3 is 2.25 bits per heavy atom. The highest BCUT2D eigenvalue weighted by Crippen LogP contribution is 2.32. The molecule has 0 amide bonds. The van der Waals surface area contributed by atoms with Crippen LogP contribution in [0.3, 0.4) is 0 Å². The zero-order valence-corrected chi connectivity index (χ0v) is 29.0. The van der Waals surface area contributed by atoms with Gasteiger partial charge >= 0.3 is 5.97 Å². The van der Waals surface area contributed by atoms with E-state index in [0.29, 0.717) is 44.6 Å². The molecular weight excluding hydrogens is 646 g/mol. The van der Waals surface area contributed by atoms with Gasteiger partial charge in [-0.3, -0.25) is 9.36 Å². The number of rotatable bonds is 10. The number of halogens is 1. The summed E-state index contributed by atoms with van der Waals surface area (Å²) in [6.07, 6.45) is 1.91. The fraction of sp³-hybridized carbons (Fsp3) is 0.237. The van der Waals surface area contributed by atoms with Crippen LogP contribution in [-0.4, -0.2) is 28.3 Å². The summed E-state index contributed by atoms with van der Waals surface area (Å²) in [5.74, 6) is 0.983. The SMILES string of the molecule is CCOC(=O)C1=C(C)N=c2s/c(=C\c3cc(C)n(-c4ccc(OCc5ccc(Cl)cc5)cc4)c3C)c(=O)n2[C@@H]1c1ccc(OCC)cc1. The molecule has 1 aliphatic rings. The summed E-state index contributed by atoms with van der Waals surface area (Å²) >= 11 is 7.30. The minimum absolute atomic E-state index is 0.213. The molecule has 0 saturated heterocycles. The topological polar surface area (TPSA) is 84.0 Å². The molecule has 0 radical (unpaired) electrons. The van der Waals surface area contributed by atoms with Gasteiger partial charge in [-0.25, -0.2) is 9.79 Å². The van der Waals surface area contributed by atoms with Crippen molar-refractivity contribution in [2.24, 2.45) is 4.99 Å². The maximum Gasteiger partial charge on any atom is 0.338 e. The van der Waals surface area contributed by atoms with E-state index in [1.165, 1.54) is 11.3 Å². The van der Waals surface area contributed by atoms with Crippen LogP contribution in [0.1, 0.15) is 54.9 Å². The van der Waals surface area contributed by atoms with Gasteiger partial charge in [0.1, 0.15) is 18.1 Å². The van der Waals surface area contributed by atoms with Gasteiger partial charge in [-0.05, 0) is 112 Å². The second-order valence-corrected chi connectivity index (χ2v) is 12.8. The molecule has 0 bridgehead atoms. The lowest BCUT2D eigenvalue weighted by Crippen LogP contribution is -2.39. The second-order valence-electron chi connectivity index (χ2n) is 11.4. The van der Waals surface area contributed by atoms with Gasteiger partial charge in [-0.2, -0.15) is 0 Å². The number of benzene rings is 3. The lowest BCUT2D eigenvalue weighted by Gasteiger charge is -2.24. The van der Waals surface area contributed by atoms with E-state index in [4.69, 9.17) is 30.8 Å². The predicted molar refractivity (Wildman–Crippen MR) is 189 cm³/mol. The van der Waals surface area contributed by atoms with Crippen LogP contribution in [0.5, 0.6) is 11.5 Å². The predicted octanol–water partition coefficient (Wildman–Crippen LogP) is 6.84. The van der Waals surface area contributed by atoms with Gasteiger partial charge in [0.25, 0.3) is 5.56 Å². The quantitative estimate of drug-likeness (QED) is 0.151. The summed E-state index contributed by atoms with van der Waals surface area (Å²) in [5.41, 5.74) is 6.36. The summed E-state index contributed by atoms with van der Waals surface area (Å²) in [5, 5.41) is 0.694. The number of esters is 1. The highest BCUT2D eigenvalue weighted by atomic mass is 35.5. The van der Waals surface area contributed by atoms with Crippen molar-refractivity contribution in [3.63, 3.8) is 0 Å². The van der Waals surface area contributed by atoms with E-state index in [0.717, 1.165) is 39.5 Å². The number of nitrogens with zero attached hydrogens (tertiary/aromatic N) is 3. The molecular formula is C38H36ClN3O5S. The zero-order valence-electron chi connectivity index (χ0n) is 27.5. The van der Waals surface area contributed by atoms with Gasteiger partial charge in [-0.15, -0.1) is 0 Å². The maximum absolute atomic E-state index is 14.2. The Morgan fingerprint density at radius 1 is 0.917 bits per heavy atom. The van der Waals surface area contributed by atoms with Gasteiger partial charge in [0.05, 0.1) is 35.1 Å². The largest absolute Gasteiger partial charge is 0.494 e. The number of hydrogen-bond acceptors (Lipinski definition) is 7. The molecule has 6 rings (SSSR count). The summed E-state index contributed by atoms with van der Waals surface area (Å²) in [4.78, 5) is 32.6. The molecule has 0 fully saturated rings. The molecule has 48 heavy (non-hydrogen) atoms. The minimum Gasteiger partial charge on any atom is -0.494 e. The van der Waals surface area contributed by atoms with Crippen molar-refractivity contribution in [2.75, 3.05) is 13.2 Å². The third-order valence-electron chi connectivity index (χ3n) is 8.19. The van der Waals surface area contributed by atoms with Crippen LogP contribution in [0.4, 0.5) is 0 Å². The first kappa shape index (κ1) is 33.1. The fourth-order valence-electron chi connectivity index (χ4n) is 5.93. The third kappa shape index (κ3) is 6.61. The Bertz CT molecular complexity index is 2180. The molecule has 0 aliphatic carbocycles. The number of hydrogen-bond donors (Lipinski definition) is 0. The molecule has 10 heteroatoms. The molecule has 246 valence electrons. The molecule has 2 aromatic heterocycles. The lowest BCUT2D eigenvalue weighted by atomic mass is 9.96. The maximum atomic E-state index is 14.2. The van der Waals surface area contributed by atoms with Crippen LogP contribution in [0, 0.1) is 13.8 Å². The lowest BCUT2D eigenvalue weighted by molar-refractivity contribution is -0.139. The molecule has 0 spiro atoms. The molecule has 0 N–H and O–H groups in total. The van der Waals surface area contributed by atoms with Gasteiger partial charge in [0.15, 0.2) is 4.80 Å². The molecule has 3 aromatic carbocycles. The van der Waals surface area contributed by atoms with Crippen LogP contribution >= 0.6 is 22.9 Å². The molecule has 1 aliphatic heterocycles. The van der Waals surface area contributed by atoms with E-state index >= 15 is 0 Å². The summed E-state index contributed by atoms with van der Waals surface area (Å²) in [6, 6.07) is 24.4. The Balaban J connectivity index is 1.34. The molecule has 0 saturated carbocycles. The molecule has 1 atom stereocenters. The summed E-state index contributed by atoms with van der Waals surface area (Å²) in [6.45, 7) is 10.7. The van der Waals surface area contributed by atoms with E-state index in [-0.39, 0.29) is 12.2 Å². The summed E-state index contributed by atoms with van der Waals surface area (Å²) in [7, 11) is 0. The van der Waals surface area contributed by atoms with Crippen LogP contribution in [0.25, 0.3) is 11.8 Å². The standard InChI is InChI=1S/C38H36ClN3O5S/c1-6-45-31-16-10-27(11-17-31)35-34(37(44)46-7-2)24(4)40-38-42(35)36(43)33(48-38)21-28-20-23(3)41(25(28)5)30-14-18-32(19-15-30)47-22-26-8-12-29(39)13-9-26/h8-21,35H,6-7,22H2,1-5H3/b33-21-/t35-/m1/s1. The van der Waals surface area contributed by atoms with Crippen LogP contribution in [0.15, 0.2) is 99.9 Å². The number of aromatic nitrogens is 2. The number of fused-ring (bicyclic) bond motifs is 1. The molecule has 0 unspecified atom stereocenters. The average Bonchev–Trinajstić information content (AvgIpc) is 3.53. The van der Waals surface area contributed by atoms with Gasteiger partial charge < -0.3 is 18.8 Å². The van der Waals surface area contributed by atoms with Crippen molar-refractivity contribution in [2.45, 2.75) is 47.3 Å². The van der Waals surface area contributed by atoms with E-state index in [1.807, 2.05) is 99.6 Å². The number of carbonyl (C=O) groups is 1.